The van der Waals surface area contributed by atoms with Crippen molar-refractivity contribution in [3.05, 3.63) is 4.91 Å². The van der Waals surface area contributed by atoms with E-state index in [-0.39, 0.29) is 0 Å². The molecule has 0 aromatic rings. The molecule has 0 saturated heterocycles. The van der Waals surface area contributed by atoms with Crippen molar-refractivity contribution >= 4 is 19.8 Å². The Hall–Kier alpha value is 0.330. The number of nitroso groups, excluding NO2 is 1. The zero-order valence-electron chi connectivity index (χ0n) is 4.65. The Morgan fingerprint density at radius 2 is 2.29 bits per heavy atom. The third-order valence-electron chi connectivity index (χ3n) is 0.709. The van der Waals surface area contributed by atoms with Gasteiger partial charge in [0.25, 0.3) is 0 Å². The van der Waals surface area contributed by atoms with E-state index in [1.165, 1.54) is 4.43 Å². The monoisotopic (exact) mass is 215 g/mol. The summed E-state index contributed by atoms with van der Waals surface area (Å²) in [5.74, 6) is 0. The zero-order valence-corrected chi connectivity index (χ0v) is 6.81. The number of hydrogen-bond acceptors (Lipinski definition) is 2. The first-order valence-corrected chi connectivity index (χ1v) is 7.33. The number of hydrogen-bond donors (Lipinski definition) is 0. The molecular formula is C4H10INO. The summed E-state index contributed by atoms with van der Waals surface area (Å²) >= 11 is -0.805. The molecule has 0 aliphatic heterocycles. The molecule has 0 radical (unpaired) electrons. The Morgan fingerprint density at radius 1 is 1.71 bits per heavy atom. The van der Waals surface area contributed by atoms with Crippen LogP contribution in [-0.4, -0.2) is 13.9 Å². The van der Waals surface area contributed by atoms with Crippen LogP contribution in [0.2, 0.25) is 0 Å². The summed E-state index contributed by atoms with van der Waals surface area (Å²) in [6.07, 6.45) is 0. The van der Waals surface area contributed by atoms with Crippen LogP contribution >= 0.6 is 19.8 Å². The molecule has 0 aliphatic rings. The molecular weight excluding hydrogens is 205 g/mol. The topological polar surface area (TPSA) is 29.4 Å². The molecule has 0 unspecified atom stereocenters. The Morgan fingerprint density at radius 3 is 2.43 bits per heavy atom. The van der Waals surface area contributed by atoms with Gasteiger partial charge in [-0.25, -0.2) is 0 Å². The molecule has 0 spiro atoms. The molecule has 7 heavy (non-hydrogen) atoms. The average molecular weight is 215 g/mol. The quantitative estimate of drug-likeness (QED) is 0.306. The Kier molecular flexibility index (Phi) is 4.70. The van der Waals surface area contributed by atoms with Crippen molar-refractivity contribution < 1.29 is 0 Å². The molecule has 44 valence electrons. The van der Waals surface area contributed by atoms with Gasteiger partial charge in [-0.15, -0.1) is 0 Å². The van der Waals surface area contributed by atoms with Crippen molar-refractivity contribution in [2.75, 3.05) is 13.9 Å². The minimum atomic E-state index is -0.805. The van der Waals surface area contributed by atoms with Crippen molar-refractivity contribution in [2.45, 2.75) is 6.92 Å². The van der Waals surface area contributed by atoms with Crippen molar-refractivity contribution in [1.82, 2.24) is 0 Å². The molecule has 0 aromatic heterocycles. The van der Waals surface area contributed by atoms with Crippen molar-refractivity contribution in [3.63, 3.8) is 0 Å². The molecule has 3 heteroatoms. The van der Waals surface area contributed by atoms with Gasteiger partial charge in [-0.3, -0.25) is 0 Å². The summed E-state index contributed by atoms with van der Waals surface area (Å²) in [7, 11) is 0. The molecule has 0 saturated carbocycles. The van der Waals surface area contributed by atoms with E-state index in [9.17, 15) is 4.91 Å². The summed E-state index contributed by atoms with van der Waals surface area (Å²) < 4.78 is 1.83. The van der Waals surface area contributed by atoms with Crippen molar-refractivity contribution in [1.29, 1.82) is 0 Å². The predicted octanol–water partition coefficient (Wildman–Crippen LogP) is 1.87. The van der Waals surface area contributed by atoms with Crippen LogP contribution in [0.15, 0.2) is 5.18 Å². The van der Waals surface area contributed by atoms with Crippen LogP contribution < -0.4 is 0 Å². The van der Waals surface area contributed by atoms with Gasteiger partial charge in [-0.2, -0.15) is 0 Å². The Balaban J connectivity index is 2.98. The van der Waals surface area contributed by atoms with Crippen LogP contribution in [0.5, 0.6) is 0 Å². The van der Waals surface area contributed by atoms with E-state index >= 15 is 0 Å². The number of nitrogens with zero attached hydrogens (tertiary/aromatic N) is 1. The second kappa shape index (κ2) is 4.49. The van der Waals surface area contributed by atoms with Crippen LogP contribution in [0.4, 0.5) is 0 Å². The average Bonchev–Trinajstić information content (AvgIpc) is 1.68. The molecule has 0 amide bonds. The van der Waals surface area contributed by atoms with Gasteiger partial charge >= 0.3 is 50.7 Å². The Bertz CT molecular complexity index is 57.7. The minimum absolute atomic E-state index is 0.625. The fraction of sp³-hybridized carbons (Fsp3) is 1.00. The molecule has 0 fully saturated rings. The van der Waals surface area contributed by atoms with E-state index in [0.29, 0.717) is 4.55 Å². The standard InChI is InChI=1S/C4H10INO/c1-3-5(2)4-6-7/h3-4H2,1-2H3. The van der Waals surface area contributed by atoms with Gasteiger partial charge < -0.3 is 0 Å². The normalized spacial score (nSPS) is 10.9. The van der Waals surface area contributed by atoms with Gasteiger partial charge in [-0.1, -0.05) is 0 Å². The maximum absolute atomic E-state index is 9.56. The Labute approximate surface area is 51.0 Å². The maximum atomic E-state index is 9.56. The van der Waals surface area contributed by atoms with Gasteiger partial charge in [0.05, 0.1) is 0 Å². The van der Waals surface area contributed by atoms with Gasteiger partial charge in [0.1, 0.15) is 0 Å². The number of halogens is 1. The zero-order chi connectivity index (χ0) is 5.70. The summed E-state index contributed by atoms with van der Waals surface area (Å²) in [6, 6.07) is 0. The van der Waals surface area contributed by atoms with Crippen LogP contribution in [0.3, 0.4) is 0 Å². The first-order valence-electron chi connectivity index (χ1n) is 2.12. The van der Waals surface area contributed by atoms with Crippen LogP contribution in [0.1, 0.15) is 6.92 Å². The van der Waals surface area contributed by atoms with E-state index in [1.54, 1.807) is 0 Å². The van der Waals surface area contributed by atoms with E-state index < -0.39 is 19.8 Å². The fourth-order valence-electron chi connectivity index (χ4n) is 0.168. The SMILES string of the molecule is CCI(C)CN=O. The third kappa shape index (κ3) is 4.18. The fourth-order valence-corrected chi connectivity index (χ4v) is 1.13. The molecule has 0 heterocycles. The van der Waals surface area contributed by atoms with Gasteiger partial charge in [0.2, 0.25) is 0 Å². The summed E-state index contributed by atoms with van der Waals surface area (Å²) in [5, 5.41) is 2.83. The summed E-state index contributed by atoms with van der Waals surface area (Å²) in [4.78, 5) is 11.7. The molecule has 0 N–H and O–H groups in total. The van der Waals surface area contributed by atoms with Gasteiger partial charge in [0.15, 0.2) is 0 Å². The van der Waals surface area contributed by atoms with Crippen molar-refractivity contribution in [2.24, 2.45) is 5.18 Å². The van der Waals surface area contributed by atoms with Gasteiger partial charge in [0, 0.05) is 0 Å². The second-order valence-electron chi connectivity index (χ2n) is 1.24. The van der Waals surface area contributed by atoms with Crippen molar-refractivity contribution in [3.8, 4) is 0 Å². The van der Waals surface area contributed by atoms with E-state index in [0.717, 1.165) is 0 Å². The predicted molar refractivity (Wildman–Crippen MR) is 41.1 cm³/mol. The van der Waals surface area contributed by atoms with Gasteiger partial charge in [-0.05, 0) is 0 Å². The molecule has 2 nitrogen and oxygen atoms in total. The molecule has 0 rings (SSSR count). The molecule has 0 aliphatic carbocycles. The summed E-state index contributed by atoms with van der Waals surface area (Å²) in [5.41, 5.74) is 0. The van der Waals surface area contributed by atoms with Crippen LogP contribution in [-0.2, 0) is 0 Å². The van der Waals surface area contributed by atoms with Crippen LogP contribution in [0, 0.1) is 4.91 Å². The summed E-state index contributed by atoms with van der Waals surface area (Å²) in [6.45, 7) is 2.12. The van der Waals surface area contributed by atoms with E-state index in [1.807, 2.05) is 0 Å². The first-order chi connectivity index (χ1) is 3.31. The number of rotatable bonds is 3. The first kappa shape index (κ1) is 7.33. The molecule has 0 bridgehead atoms. The number of alkyl halides is 3. The molecule has 0 aromatic carbocycles. The second-order valence-corrected chi connectivity index (χ2v) is 7.58. The van der Waals surface area contributed by atoms with E-state index in [2.05, 4.69) is 17.0 Å². The third-order valence-corrected chi connectivity index (χ3v) is 4.76. The molecule has 0 atom stereocenters. The van der Waals surface area contributed by atoms with Crippen LogP contribution in [0.25, 0.3) is 0 Å². The van der Waals surface area contributed by atoms with E-state index in [4.69, 9.17) is 0 Å².